The molecule has 27 heavy (non-hydrogen) atoms. The van der Waals surface area contributed by atoms with Crippen LogP contribution in [0, 0.1) is 0 Å². The maximum atomic E-state index is 12.1. The molecule has 1 heterocycles. The van der Waals surface area contributed by atoms with Crippen molar-refractivity contribution >= 4 is 40.5 Å². The van der Waals surface area contributed by atoms with Crippen molar-refractivity contribution in [3.8, 4) is 11.5 Å². The molecule has 1 atom stereocenters. The van der Waals surface area contributed by atoms with E-state index in [-0.39, 0.29) is 0 Å². The standard InChI is InChI=1S/C19H19N3O4S/c1-27-10-9-15(18(23)24)22-19(25)20-13-6-4-5-12(11-13)17-21-14-7-2-3-8-16(14)26-17/h2-8,11,15H,9-10H2,1H3,(H,23,24)(H2,20,22,25). The summed E-state index contributed by atoms with van der Waals surface area (Å²) in [5, 5.41) is 14.3. The smallest absolute Gasteiger partial charge is 0.326 e. The highest BCUT2D eigenvalue weighted by molar-refractivity contribution is 7.98. The first kappa shape index (κ1) is 18.8. The molecule has 0 aliphatic carbocycles. The Morgan fingerprint density at radius 3 is 2.78 bits per heavy atom. The lowest BCUT2D eigenvalue weighted by Crippen LogP contribution is -2.43. The highest BCUT2D eigenvalue weighted by atomic mass is 32.2. The normalized spacial score (nSPS) is 11.9. The number of carbonyl (C=O) groups excluding carboxylic acids is 1. The van der Waals surface area contributed by atoms with E-state index < -0.39 is 18.0 Å². The molecule has 7 nitrogen and oxygen atoms in total. The lowest BCUT2D eigenvalue weighted by atomic mass is 10.2. The third-order valence-corrected chi connectivity index (χ3v) is 4.52. The number of rotatable bonds is 7. The first-order valence-electron chi connectivity index (χ1n) is 8.32. The summed E-state index contributed by atoms with van der Waals surface area (Å²) in [7, 11) is 0. The van der Waals surface area contributed by atoms with Gasteiger partial charge >= 0.3 is 12.0 Å². The number of aromatic nitrogens is 1. The van der Waals surface area contributed by atoms with E-state index in [9.17, 15) is 14.7 Å². The Morgan fingerprint density at radius 1 is 1.22 bits per heavy atom. The van der Waals surface area contributed by atoms with Crippen LogP contribution in [-0.2, 0) is 4.79 Å². The molecule has 0 aliphatic rings. The number of nitrogens with one attached hydrogen (secondary N) is 2. The number of oxazole rings is 1. The van der Waals surface area contributed by atoms with E-state index in [1.54, 1.807) is 18.2 Å². The van der Waals surface area contributed by atoms with Gasteiger partial charge in [-0.05, 0) is 48.8 Å². The lowest BCUT2D eigenvalue weighted by Gasteiger charge is -2.14. The molecule has 0 saturated heterocycles. The maximum Gasteiger partial charge on any atom is 0.326 e. The van der Waals surface area contributed by atoms with Gasteiger partial charge in [-0.3, -0.25) is 0 Å². The van der Waals surface area contributed by atoms with Crippen LogP contribution in [0.25, 0.3) is 22.6 Å². The average molecular weight is 385 g/mol. The highest BCUT2D eigenvalue weighted by Gasteiger charge is 2.19. The van der Waals surface area contributed by atoms with Crippen LogP contribution in [0.1, 0.15) is 6.42 Å². The minimum atomic E-state index is -1.06. The Bertz CT molecular complexity index is 924. The average Bonchev–Trinajstić information content (AvgIpc) is 3.09. The molecule has 8 heteroatoms. The van der Waals surface area contributed by atoms with Crippen LogP contribution < -0.4 is 10.6 Å². The Hall–Kier alpha value is -3.00. The second-order valence-corrected chi connectivity index (χ2v) is 6.82. The number of urea groups is 1. The molecule has 0 saturated carbocycles. The molecule has 0 spiro atoms. The van der Waals surface area contributed by atoms with E-state index in [4.69, 9.17) is 4.42 Å². The molecule has 0 radical (unpaired) electrons. The number of aliphatic carboxylic acids is 1. The number of amides is 2. The van der Waals surface area contributed by atoms with Crippen molar-refractivity contribution in [2.75, 3.05) is 17.3 Å². The molecule has 0 bridgehead atoms. The molecule has 3 N–H and O–H groups in total. The van der Waals surface area contributed by atoms with E-state index in [0.29, 0.717) is 34.9 Å². The first-order chi connectivity index (χ1) is 13.1. The number of thioether (sulfide) groups is 1. The van der Waals surface area contributed by atoms with Gasteiger partial charge in [-0.25, -0.2) is 14.6 Å². The summed E-state index contributed by atoms with van der Waals surface area (Å²) in [4.78, 5) is 27.8. The Labute approximate surface area is 160 Å². The van der Waals surface area contributed by atoms with Gasteiger partial charge in [0.25, 0.3) is 0 Å². The summed E-state index contributed by atoms with van der Waals surface area (Å²) in [6.45, 7) is 0. The van der Waals surface area contributed by atoms with Gasteiger partial charge in [-0.1, -0.05) is 18.2 Å². The highest BCUT2D eigenvalue weighted by Crippen LogP contribution is 2.26. The molecule has 2 amide bonds. The van der Waals surface area contributed by atoms with Crippen LogP contribution in [0.2, 0.25) is 0 Å². The van der Waals surface area contributed by atoms with Crippen molar-refractivity contribution in [3.05, 3.63) is 48.5 Å². The molecule has 1 unspecified atom stereocenters. The number of hydrogen-bond acceptors (Lipinski definition) is 5. The van der Waals surface area contributed by atoms with E-state index in [1.807, 2.05) is 36.6 Å². The Balaban J connectivity index is 1.71. The van der Waals surface area contributed by atoms with Gasteiger partial charge in [0.2, 0.25) is 5.89 Å². The molecule has 3 rings (SSSR count). The van der Waals surface area contributed by atoms with Gasteiger partial charge in [0.15, 0.2) is 5.58 Å². The topological polar surface area (TPSA) is 104 Å². The van der Waals surface area contributed by atoms with Crippen LogP contribution in [0.15, 0.2) is 52.9 Å². The van der Waals surface area contributed by atoms with Gasteiger partial charge in [0, 0.05) is 11.3 Å². The van der Waals surface area contributed by atoms with Gasteiger partial charge in [-0.15, -0.1) is 0 Å². The molecule has 2 aromatic carbocycles. The third kappa shape index (κ3) is 4.79. The van der Waals surface area contributed by atoms with Crippen molar-refractivity contribution in [2.24, 2.45) is 0 Å². The lowest BCUT2D eigenvalue weighted by molar-refractivity contribution is -0.139. The zero-order chi connectivity index (χ0) is 19.2. The van der Waals surface area contributed by atoms with Crippen molar-refractivity contribution in [1.29, 1.82) is 0 Å². The summed E-state index contributed by atoms with van der Waals surface area (Å²) in [6.07, 6.45) is 2.24. The van der Waals surface area contributed by atoms with E-state index in [0.717, 1.165) is 5.52 Å². The summed E-state index contributed by atoms with van der Waals surface area (Å²) < 4.78 is 5.73. The molecular formula is C19H19N3O4S. The quantitative estimate of drug-likeness (QED) is 0.571. The first-order valence-corrected chi connectivity index (χ1v) is 9.71. The van der Waals surface area contributed by atoms with Crippen molar-refractivity contribution < 1.29 is 19.1 Å². The number of para-hydroxylation sites is 2. The fourth-order valence-corrected chi connectivity index (χ4v) is 3.02. The van der Waals surface area contributed by atoms with Crippen LogP contribution in [0.3, 0.4) is 0 Å². The van der Waals surface area contributed by atoms with Crippen LogP contribution in [0.5, 0.6) is 0 Å². The van der Waals surface area contributed by atoms with Crippen molar-refractivity contribution in [2.45, 2.75) is 12.5 Å². The van der Waals surface area contributed by atoms with Gasteiger partial charge < -0.3 is 20.2 Å². The molecule has 3 aromatic rings. The predicted molar refractivity (Wildman–Crippen MR) is 106 cm³/mol. The Kier molecular flexibility index (Phi) is 5.97. The summed E-state index contributed by atoms with van der Waals surface area (Å²) in [5.41, 5.74) is 2.66. The van der Waals surface area contributed by atoms with Crippen molar-refractivity contribution in [1.82, 2.24) is 10.3 Å². The number of hydrogen-bond donors (Lipinski definition) is 3. The number of nitrogens with zero attached hydrogens (tertiary/aromatic N) is 1. The van der Waals surface area contributed by atoms with Gasteiger partial charge in [0.1, 0.15) is 11.6 Å². The molecule has 0 fully saturated rings. The predicted octanol–water partition coefficient (Wildman–Crippen LogP) is 3.82. The zero-order valence-corrected chi connectivity index (χ0v) is 15.5. The number of carboxylic acids is 1. The van der Waals surface area contributed by atoms with Crippen LogP contribution in [0.4, 0.5) is 10.5 Å². The van der Waals surface area contributed by atoms with E-state index >= 15 is 0 Å². The number of fused-ring (bicyclic) bond motifs is 1. The number of anilines is 1. The molecule has 0 aliphatic heterocycles. The molecule has 140 valence electrons. The van der Waals surface area contributed by atoms with E-state index in [1.165, 1.54) is 11.8 Å². The van der Waals surface area contributed by atoms with Crippen LogP contribution in [-0.4, -0.2) is 40.1 Å². The zero-order valence-electron chi connectivity index (χ0n) is 14.6. The number of carbonyl (C=O) groups is 2. The van der Waals surface area contributed by atoms with Crippen LogP contribution >= 0.6 is 11.8 Å². The second kappa shape index (κ2) is 8.59. The minimum absolute atomic E-state index is 0.354. The van der Waals surface area contributed by atoms with Crippen molar-refractivity contribution in [3.63, 3.8) is 0 Å². The molecule has 1 aromatic heterocycles. The maximum absolute atomic E-state index is 12.1. The summed E-state index contributed by atoms with van der Waals surface area (Å²) in [6, 6.07) is 13.0. The Morgan fingerprint density at radius 2 is 2.04 bits per heavy atom. The van der Waals surface area contributed by atoms with Gasteiger partial charge in [0.05, 0.1) is 0 Å². The number of carboxylic acid groups (broad SMARTS) is 1. The van der Waals surface area contributed by atoms with E-state index in [2.05, 4.69) is 15.6 Å². The fourth-order valence-electron chi connectivity index (χ4n) is 2.54. The largest absolute Gasteiger partial charge is 0.480 e. The minimum Gasteiger partial charge on any atom is -0.480 e. The third-order valence-electron chi connectivity index (χ3n) is 3.88. The monoisotopic (exact) mass is 385 g/mol. The summed E-state index contributed by atoms with van der Waals surface area (Å²) >= 11 is 1.53. The van der Waals surface area contributed by atoms with Gasteiger partial charge in [-0.2, -0.15) is 11.8 Å². The second-order valence-electron chi connectivity index (χ2n) is 5.84. The fraction of sp³-hybridized carbons (Fsp3) is 0.211. The summed E-state index contributed by atoms with van der Waals surface area (Å²) in [5.74, 6) is 0.0350. The number of benzene rings is 2. The molecular weight excluding hydrogens is 366 g/mol. The SMILES string of the molecule is CSCCC(NC(=O)Nc1cccc(-c2nc3ccccc3o2)c1)C(=O)O.